The number of methoxy groups -OCH3 is 1. The van der Waals surface area contributed by atoms with Crippen molar-refractivity contribution in [2.24, 2.45) is 0 Å². The number of ether oxygens (including phenoxy) is 1. The van der Waals surface area contributed by atoms with Crippen LogP contribution >= 0.6 is 0 Å². The molecule has 0 amide bonds. The third kappa shape index (κ3) is 10.0. The van der Waals surface area contributed by atoms with Crippen molar-refractivity contribution < 1.29 is 24.5 Å². The lowest BCUT2D eigenvalue weighted by atomic mass is 10.3. The minimum Gasteiger partial charge on any atom is -0.512 e. The van der Waals surface area contributed by atoms with Crippen LogP contribution in [0.3, 0.4) is 0 Å². The van der Waals surface area contributed by atoms with E-state index in [1.165, 1.54) is 7.11 Å². The molecule has 0 saturated carbocycles. The van der Waals surface area contributed by atoms with Crippen molar-refractivity contribution >= 4 is 11.9 Å². The van der Waals surface area contributed by atoms with E-state index < -0.39 is 5.97 Å². The van der Waals surface area contributed by atoms with E-state index in [0.29, 0.717) is 58.9 Å². The number of carbonyl (C=O) groups is 2. The van der Waals surface area contributed by atoms with Crippen LogP contribution in [-0.4, -0.2) is 116 Å². The first-order valence-corrected chi connectivity index (χ1v) is 8.44. The minimum atomic E-state index is -0.852. The molecule has 1 fully saturated rings. The molecule has 25 heavy (non-hydrogen) atoms. The van der Waals surface area contributed by atoms with Gasteiger partial charge < -0.3 is 20.3 Å². The molecule has 1 saturated heterocycles. The van der Waals surface area contributed by atoms with Gasteiger partial charge in [-0.2, -0.15) is 0 Å². The van der Waals surface area contributed by atoms with Crippen molar-refractivity contribution in [2.45, 2.75) is 0 Å². The zero-order chi connectivity index (χ0) is 18.7. The smallest absolute Gasteiger partial charge is 0.319 e. The van der Waals surface area contributed by atoms with Gasteiger partial charge in [0.15, 0.2) is 0 Å². The van der Waals surface area contributed by atoms with Crippen LogP contribution in [-0.2, 0) is 14.3 Å². The lowest BCUT2D eigenvalue weighted by molar-refractivity contribution is -0.142. The van der Waals surface area contributed by atoms with Gasteiger partial charge in [-0.25, -0.2) is 0 Å². The summed E-state index contributed by atoms with van der Waals surface area (Å²) in [6, 6.07) is 0. The summed E-state index contributed by atoms with van der Waals surface area (Å²) in [4.78, 5) is 28.4. The summed E-state index contributed by atoms with van der Waals surface area (Å²) in [5.74, 6) is -1.06. The summed E-state index contributed by atoms with van der Waals surface area (Å²) in [7, 11) is 1.37. The molecule has 3 N–H and O–H groups in total. The number of nitrogens with zero attached hydrogens (tertiary/aromatic N) is 3. The summed E-state index contributed by atoms with van der Waals surface area (Å²) in [5.41, 5.74) is 0. The maximum Gasteiger partial charge on any atom is 0.319 e. The maximum absolute atomic E-state index is 11.5. The Hall–Kier alpha value is -1.68. The largest absolute Gasteiger partial charge is 0.512 e. The van der Waals surface area contributed by atoms with Crippen LogP contribution in [0.4, 0.5) is 0 Å². The van der Waals surface area contributed by atoms with Gasteiger partial charge in [-0.05, 0) is 0 Å². The predicted molar refractivity (Wildman–Crippen MR) is 93.6 cm³/mol. The molecule has 9 heteroatoms. The second kappa shape index (κ2) is 11.8. The Labute approximate surface area is 148 Å². The molecule has 0 bridgehead atoms. The molecule has 0 spiro atoms. The summed E-state index contributed by atoms with van der Waals surface area (Å²) in [5, 5.41) is 21.8. The molecule has 1 aliphatic heterocycles. The van der Waals surface area contributed by atoms with Gasteiger partial charge in [0.1, 0.15) is 0 Å². The average molecular weight is 358 g/mol. The fraction of sp³-hybridized carbons (Fsp3) is 0.750. The Morgan fingerprint density at radius 3 is 1.84 bits per heavy atom. The third-order valence-corrected chi connectivity index (χ3v) is 4.02. The van der Waals surface area contributed by atoms with Gasteiger partial charge in [-0.15, -0.1) is 0 Å². The van der Waals surface area contributed by atoms with Gasteiger partial charge in [0.2, 0.25) is 0 Å². The predicted octanol–water partition coefficient (Wildman–Crippen LogP) is -1.18. The Morgan fingerprint density at radius 1 is 0.920 bits per heavy atom. The second-order valence-electron chi connectivity index (χ2n) is 6.11. The van der Waals surface area contributed by atoms with Gasteiger partial charge in [0, 0.05) is 52.4 Å². The first-order chi connectivity index (χ1) is 11.9. The van der Waals surface area contributed by atoms with Gasteiger partial charge in [0.25, 0.3) is 0 Å². The Balaban J connectivity index is 2.69. The van der Waals surface area contributed by atoms with Crippen LogP contribution in [0.2, 0.25) is 0 Å². The van der Waals surface area contributed by atoms with Crippen LogP contribution in [0.1, 0.15) is 0 Å². The van der Waals surface area contributed by atoms with Crippen LogP contribution in [0.25, 0.3) is 0 Å². The van der Waals surface area contributed by atoms with Gasteiger partial charge in [-0.1, -0.05) is 6.58 Å². The standard InChI is InChI=1S/C16H30N4O5/c1-14(21)11-20-9-7-18(12-15(22)23)5-3-17-4-6-19(8-10-20)13-16(24)25-2/h17,21H,1,3-13H2,2H3,(H,22,23). The number of aliphatic hydroxyl groups is 1. The van der Waals surface area contributed by atoms with E-state index in [1.807, 2.05) is 14.7 Å². The molecular formula is C16H30N4O5. The maximum atomic E-state index is 11.5. The molecular weight excluding hydrogens is 328 g/mol. The zero-order valence-electron chi connectivity index (χ0n) is 14.9. The number of aliphatic hydroxyl groups excluding tert-OH is 1. The normalized spacial score (nSPS) is 19.6. The molecule has 1 aliphatic rings. The monoisotopic (exact) mass is 358 g/mol. The molecule has 0 aromatic carbocycles. The highest BCUT2D eigenvalue weighted by Gasteiger charge is 2.17. The van der Waals surface area contributed by atoms with Gasteiger partial charge >= 0.3 is 11.9 Å². The SMILES string of the molecule is C=C(O)CN1CCN(CC(=O)O)CCNCCN(CC(=O)OC)CC1. The van der Waals surface area contributed by atoms with Gasteiger partial charge in [-0.3, -0.25) is 24.3 Å². The quantitative estimate of drug-likeness (QED) is 0.400. The summed E-state index contributed by atoms with van der Waals surface area (Å²) in [6.45, 7) is 9.22. The Bertz CT molecular complexity index is 446. The molecule has 0 unspecified atom stereocenters. The summed E-state index contributed by atoms with van der Waals surface area (Å²) >= 11 is 0. The second-order valence-corrected chi connectivity index (χ2v) is 6.11. The highest BCUT2D eigenvalue weighted by Crippen LogP contribution is 2.00. The number of nitrogens with one attached hydrogen (secondary N) is 1. The fourth-order valence-corrected chi connectivity index (χ4v) is 2.67. The first-order valence-electron chi connectivity index (χ1n) is 8.44. The average Bonchev–Trinajstić information content (AvgIpc) is 2.53. The lowest BCUT2D eigenvalue weighted by Crippen LogP contribution is -2.47. The van der Waals surface area contributed by atoms with Crippen LogP contribution in [0.5, 0.6) is 0 Å². The minimum absolute atomic E-state index is 0.00986. The van der Waals surface area contributed by atoms with Crippen molar-refractivity contribution in [1.82, 2.24) is 20.0 Å². The van der Waals surface area contributed by atoms with E-state index in [9.17, 15) is 14.7 Å². The van der Waals surface area contributed by atoms with E-state index in [-0.39, 0.29) is 24.8 Å². The van der Waals surface area contributed by atoms with Crippen LogP contribution in [0.15, 0.2) is 12.3 Å². The molecule has 1 heterocycles. The van der Waals surface area contributed by atoms with E-state index in [2.05, 4.69) is 11.9 Å². The molecule has 0 aromatic heterocycles. The number of hydrogen-bond acceptors (Lipinski definition) is 8. The lowest BCUT2D eigenvalue weighted by Gasteiger charge is -2.30. The molecule has 0 radical (unpaired) electrons. The molecule has 0 atom stereocenters. The summed E-state index contributed by atoms with van der Waals surface area (Å²) in [6.07, 6.45) is 0. The van der Waals surface area contributed by atoms with Crippen molar-refractivity contribution in [3.63, 3.8) is 0 Å². The van der Waals surface area contributed by atoms with E-state index >= 15 is 0 Å². The molecule has 0 aromatic rings. The Morgan fingerprint density at radius 2 is 1.40 bits per heavy atom. The molecule has 1 rings (SSSR count). The summed E-state index contributed by atoms with van der Waals surface area (Å²) < 4.78 is 4.74. The highest BCUT2D eigenvalue weighted by atomic mass is 16.5. The van der Waals surface area contributed by atoms with Crippen molar-refractivity contribution in [2.75, 3.05) is 79.1 Å². The van der Waals surface area contributed by atoms with E-state index in [4.69, 9.17) is 9.84 Å². The topological polar surface area (TPSA) is 106 Å². The fourth-order valence-electron chi connectivity index (χ4n) is 2.67. The number of carboxylic acid groups (broad SMARTS) is 1. The van der Waals surface area contributed by atoms with Gasteiger partial charge in [0.05, 0.1) is 32.5 Å². The molecule has 144 valence electrons. The number of hydrogen-bond donors (Lipinski definition) is 3. The van der Waals surface area contributed by atoms with Crippen molar-refractivity contribution in [1.29, 1.82) is 0 Å². The van der Waals surface area contributed by atoms with E-state index in [1.54, 1.807) is 0 Å². The molecule has 0 aliphatic carbocycles. The molecule has 9 nitrogen and oxygen atoms in total. The van der Waals surface area contributed by atoms with Crippen molar-refractivity contribution in [3.8, 4) is 0 Å². The van der Waals surface area contributed by atoms with E-state index in [0.717, 1.165) is 0 Å². The van der Waals surface area contributed by atoms with Crippen LogP contribution < -0.4 is 5.32 Å². The van der Waals surface area contributed by atoms with Crippen molar-refractivity contribution in [3.05, 3.63) is 12.3 Å². The first kappa shape index (κ1) is 21.4. The number of aliphatic carboxylic acids is 1. The number of carboxylic acids is 1. The number of rotatable bonds is 6. The Kier molecular flexibility index (Phi) is 10.1. The third-order valence-electron chi connectivity index (χ3n) is 4.02. The highest BCUT2D eigenvalue weighted by molar-refractivity contribution is 5.71. The van der Waals surface area contributed by atoms with Crippen LogP contribution in [0, 0.1) is 0 Å². The number of carbonyl (C=O) groups excluding carboxylic acids is 1. The number of esters is 1. The zero-order valence-corrected chi connectivity index (χ0v) is 14.9.